The fraction of sp³-hybridized carbons (Fsp3) is 0.667. The van der Waals surface area contributed by atoms with Gasteiger partial charge >= 0.3 is 0 Å². The maximum Gasteiger partial charge on any atom is 0.225 e. The first-order valence-electron chi connectivity index (χ1n) is 6.00. The third-order valence-corrected chi connectivity index (χ3v) is 3.46. The molecule has 2 rings (SSSR count). The molecule has 1 heterocycles. The molecule has 0 aliphatic heterocycles. The molecule has 1 saturated carbocycles. The van der Waals surface area contributed by atoms with E-state index in [1.807, 2.05) is 0 Å². The van der Waals surface area contributed by atoms with Gasteiger partial charge < -0.3 is 15.2 Å². The molecule has 94 valence electrons. The van der Waals surface area contributed by atoms with Crippen LogP contribution in [0.5, 0.6) is 5.88 Å². The van der Waals surface area contributed by atoms with Crippen LogP contribution in [-0.2, 0) is 0 Å². The Hall–Kier alpha value is -1.36. The molecule has 1 aliphatic carbocycles. The van der Waals surface area contributed by atoms with Gasteiger partial charge in [0.1, 0.15) is 0 Å². The topological polar surface area (TPSA) is 67.3 Å². The van der Waals surface area contributed by atoms with E-state index < -0.39 is 0 Å². The van der Waals surface area contributed by atoms with Crippen molar-refractivity contribution in [2.45, 2.75) is 25.7 Å². The maximum absolute atomic E-state index is 9.49. The summed E-state index contributed by atoms with van der Waals surface area (Å²) in [5, 5.41) is 12.7. The molecular formula is C12H19N3O2. The molecule has 0 unspecified atom stereocenters. The highest BCUT2D eigenvalue weighted by Crippen LogP contribution is 2.37. The van der Waals surface area contributed by atoms with E-state index in [4.69, 9.17) is 4.74 Å². The van der Waals surface area contributed by atoms with Crippen LogP contribution in [-0.4, -0.2) is 35.3 Å². The van der Waals surface area contributed by atoms with Gasteiger partial charge in [0.15, 0.2) is 0 Å². The molecule has 2 N–H and O–H groups in total. The number of anilines is 1. The van der Waals surface area contributed by atoms with E-state index in [0.717, 1.165) is 19.4 Å². The number of aliphatic hydroxyl groups is 1. The zero-order chi connectivity index (χ0) is 12.1. The number of methoxy groups -OCH3 is 1. The minimum Gasteiger partial charge on any atom is -0.481 e. The number of nitrogens with one attached hydrogen (secondary N) is 1. The Bertz CT molecular complexity index is 365. The van der Waals surface area contributed by atoms with Crippen LogP contribution < -0.4 is 10.1 Å². The van der Waals surface area contributed by atoms with Crippen molar-refractivity contribution < 1.29 is 9.84 Å². The Morgan fingerprint density at radius 1 is 1.47 bits per heavy atom. The number of hydrogen-bond acceptors (Lipinski definition) is 5. The van der Waals surface area contributed by atoms with Crippen molar-refractivity contribution in [2.75, 3.05) is 25.6 Å². The van der Waals surface area contributed by atoms with E-state index in [-0.39, 0.29) is 12.0 Å². The van der Waals surface area contributed by atoms with Gasteiger partial charge in [0.25, 0.3) is 0 Å². The summed E-state index contributed by atoms with van der Waals surface area (Å²) in [7, 11) is 1.58. The van der Waals surface area contributed by atoms with Crippen molar-refractivity contribution in [1.82, 2.24) is 9.97 Å². The molecule has 1 aromatic rings. The average Bonchev–Trinajstić information content (AvgIpc) is 2.86. The van der Waals surface area contributed by atoms with E-state index in [1.165, 1.54) is 12.8 Å². The average molecular weight is 237 g/mol. The highest BCUT2D eigenvalue weighted by atomic mass is 16.5. The standard InChI is InChI=1S/C12H19N3O2/c1-17-10-4-7-13-11(15-10)14-8-12(9-16)5-2-3-6-12/h4,7,16H,2-3,5-6,8-9H2,1H3,(H,13,14,15). The Labute approximate surface area is 101 Å². The van der Waals surface area contributed by atoms with Crippen molar-refractivity contribution in [1.29, 1.82) is 0 Å². The molecule has 0 aromatic carbocycles. The van der Waals surface area contributed by atoms with Gasteiger partial charge in [-0.25, -0.2) is 4.98 Å². The minimum absolute atomic E-state index is 0.00639. The van der Waals surface area contributed by atoms with Gasteiger partial charge in [0.2, 0.25) is 11.8 Å². The van der Waals surface area contributed by atoms with Gasteiger partial charge in [-0.3, -0.25) is 0 Å². The lowest BCUT2D eigenvalue weighted by molar-refractivity contribution is 0.142. The van der Waals surface area contributed by atoms with Crippen LogP contribution in [0.15, 0.2) is 12.3 Å². The van der Waals surface area contributed by atoms with Gasteiger partial charge in [-0.1, -0.05) is 12.8 Å². The first-order chi connectivity index (χ1) is 8.28. The van der Waals surface area contributed by atoms with Crippen LogP contribution in [0.25, 0.3) is 0 Å². The molecule has 0 atom stereocenters. The summed E-state index contributed by atoms with van der Waals surface area (Å²) < 4.78 is 5.04. The van der Waals surface area contributed by atoms with E-state index in [0.29, 0.717) is 11.8 Å². The van der Waals surface area contributed by atoms with Crippen LogP contribution in [0, 0.1) is 5.41 Å². The summed E-state index contributed by atoms with van der Waals surface area (Å²) in [5.74, 6) is 1.11. The van der Waals surface area contributed by atoms with Crippen molar-refractivity contribution in [3.8, 4) is 5.88 Å². The lowest BCUT2D eigenvalue weighted by Gasteiger charge is -2.26. The quantitative estimate of drug-likeness (QED) is 0.811. The van der Waals surface area contributed by atoms with Gasteiger partial charge in [0, 0.05) is 24.2 Å². The SMILES string of the molecule is COc1ccnc(NCC2(CO)CCCC2)n1. The summed E-state index contributed by atoms with van der Waals surface area (Å²) in [5.41, 5.74) is 0.00639. The summed E-state index contributed by atoms with van der Waals surface area (Å²) in [6, 6.07) is 1.71. The zero-order valence-electron chi connectivity index (χ0n) is 10.1. The van der Waals surface area contributed by atoms with Crippen molar-refractivity contribution in [3.05, 3.63) is 12.3 Å². The predicted molar refractivity (Wildman–Crippen MR) is 65.1 cm³/mol. The van der Waals surface area contributed by atoms with E-state index in [9.17, 15) is 5.11 Å². The number of ether oxygens (including phenoxy) is 1. The minimum atomic E-state index is 0.00639. The summed E-state index contributed by atoms with van der Waals surface area (Å²) >= 11 is 0. The van der Waals surface area contributed by atoms with Gasteiger partial charge in [-0.15, -0.1) is 0 Å². The van der Waals surface area contributed by atoms with Gasteiger partial charge in [-0.2, -0.15) is 4.98 Å². The second-order valence-electron chi connectivity index (χ2n) is 4.64. The van der Waals surface area contributed by atoms with Crippen molar-refractivity contribution >= 4 is 5.95 Å². The smallest absolute Gasteiger partial charge is 0.225 e. The highest BCUT2D eigenvalue weighted by Gasteiger charge is 2.33. The Morgan fingerprint density at radius 3 is 2.88 bits per heavy atom. The van der Waals surface area contributed by atoms with Crippen LogP contribution in [0.2, 0.25) is 0 Å². The second-order valence-corrected chi connectivity index (χ2v) is 4.64. The molecule has 1 aromatic heterocycles. The molecule has 1 fully saturated rings. The van der Waals surface area contributed by atoms with Crippen LogP contribution in [0.1, 0.15) is 25.7 Å². The third kappa shape index (κ3) is 2.85. The second kappa shape index (κ2) is 5.31. The van der Waals surface area contributed by atoms with E-state index in [2.05, 4.69) is 15.3 Å². The zero-order valence-corrected chi connectivity index (χ0v) is 10.1. The fourth-order valence-electron chi connectivity index (χ4n) is 2.32. The van der Waals surface area contributed by atoms with Gasteiger partial charge in [0.05, 0.1) is 13.7 Å². The maximum atomic E-state index is 9.49. The summed E-state index contributed by atoms with van der Waals surface area (Å²) in [4.78, 5) is 8.32. The van der Waals surface area contributed by atoms with E-state index in [1.54, 1.807) is 19.4 Å². The number of hydrogen-bond donors (Lipinski definition) is 2. The fourth-order valence-corrected chi connectivity index (χ4v) is 2.32. The molecule has 1 aliphatic rings. The molecule has 0 amide bonds. The Morgan fingerprint density at radius 2 is 2.24 bits per heavy atom. The summed E-state index contributed by atoms with van der Waals surface area (Å²) in [6.07, 6.45) is 6.19. The van der Waals surface area contributed by atoms with Gasteiger partial charge in [-0.05, 0) is 12.8 Å². The molecule has 0 radical (unpaired) electrons. The molecule has 0 saturated heterocycles. The van der Waals surface area contributed by atoms with E-state index >= 15 is 0 Å². The molecular weight excluding hydrogens is 218 g/mol. The lowest BCUT2D eigenvalue weighted by Crippen LogP contribution is -2.31. The monoisotopic (exact) mass is 237 g/mol. The molecule has 5 nitrogen and oxygen atoms in total. The van der Waals surface area contributed by atoms with Crippen LogP contribution in [0.4, 0.5) is 5.95 Å². The lowest BCUT2D eigenvalue weighted by atomic mass is 9.87. The molecule has 17 heavy (non-hydrogen) atoms. The largest absolute Gasteiger partial charge is 0.481 e. The van der Waals surface area contributed by atoms with Crippen molar-refractivity contribution in [2.24, 2.45) is 5.41 Å². The summed E-state index contributed by atoms with van der Waals surface area (Å²) in [6.45, 7) is 0.945. The van der Waals surface area contributed by atoms with Crippen LogP contribution >= 0.6 is 0 Å². The Balaban J connectivity index is 1.96. The first kappa shape index (κ1) is 12.1. The molecule has 5 heteroatoms. The number of rotatable bonds is 5. The Kier molecular flexibility index (Phi) is 3.78. The highest BCUT2D eigenvalue weighted by molar-refractivity contribution is 5.27. The number of aromatic nitrogens is 2. The third-order valence-electron chi connectivity index (χ3n) is 3.46. The number of aliphatic hydroxyl groups excluding tert-OH is 1. The normalized spacial score (nSPS) is 18.0. The number of nitrogens with zero attached hydrogens (tertiary/aromatic N) is 2. The predicted octanol–water partition coefficient (Wildman–Crippen LogP) is 1.45. The van der Waals surface area contributed by atoms with Crippen LogP contribution in [0.3, 0.4) is 0 Å². The first-order valence-corrected chi connectivity index (χ1v) is 6.00. The molecule has 0 spiro atoms. The molecule has 0 bridgehead atoms. The van der Waals surface area contributed by atoms with Crippen molar-refractivity contribution in [3.63, 3.8) is 0 Å².